The number of benzene rings is 3. The zero-order chi connectivity index (χ0) is 32.1. The first-order chi connectivity index (χ1) is 21.5. The molecule has 2 aromatic heterocycles. The van der Waals surface area contributed by atoms with E-state index >= 15 is 0 Å². The van der Waals surface area contributed by atoms with Crippen molar-refractivity contribution in [3.05, 3.63) is 120 Å². The van der Waals surface area contributed by atoms with E-state index < -0.39 is 27.7 Å². The molecule has 1 N–H and O–H groups in total. The fraction of sp³-hybridized carbons (Fsp3) is 0.129. The van der Waals surface area contributed by atoms with Crippen molar-refractivity contribution in [3.63, 3.8) is 0 Å². The summed E-state index contributed by atoms with van der Waals surface area (Å²) in [7, 11) is -2.19. The Balaban J connectivity index is 1.30. The van der Waals surface area contributed by atoms with Gasteiger partial charge in [0.2, 0.25) is 0 Å². The van der Waals surface area contributed by atoms with Crippen molar-refractivity contribution in [2.24, 2.45) is 0 Å². The van der Waals surface area contributed by atoms with E-state index in [1.54, 1.807) is 54.3 Å². The summed E-state index contributed by atoms with van der Waals surface area (Å²) in [5.41, 5.74) is 1.65. The fourth-order valence-corrected chi connectivity index (χ4v) is 4.88. The highest BCUT2D eigenvalue weighted by Gasteiger charge is 2.23. The Kier molecular flexibility index (Phi) is 8.73. The van der Waals surface area contributed by atoms with Crippen molar-refractivity contribution in [1.29, 1.82) is 5.26 Å². The van der Waals surface area contributed by atoms with Crippen molar-refractivity contribution in [2.75, 3.05) is 18.6 Å². The number of rotatable bonds is 9. The van der Waals surface area contributed by atoms with Crippen LogP contribution in [0.5, 0.6) is 0 Å². The van der Waals surface area contributed by atoms with Crippen LogP contribution >= 0.6 is 0 Å². The third-order valence-corrected chi connectivity index (χ3v) is 7.59. The normalized spacial score (nSPS) is 11.1. The van der Waals surface area contributed by atoms with Gasteiger partial charge in [-0.15, -0.1) is 0 Å². The smallest absolute Gasteiger partial charge is 0.410 e. The van der Waals surface area contributed by atoms with Gasteiger partial charge in [-0.1, -0.05) is 30.3 Å². The van der Waals surface area contributed by atoms with Crippen LogP contribution in [-0.2, 0) is 27.7 Å². The maximum Gasteiger partial charge on any atom is 0.410 e. The number of imidazole rings is 1. The molecule has 0 saturated carbocycles. The fourth-order valence-electron chi connectivity index (χ4n) is 4.32. The number of hydrogen-bond acceptors (Lipinski definition) is 8. The van der Waals surface area contributed by atoms with E-state index in [9.17, 15) is 27.7 Å². The lowest BCUT2D eigenvalue weighted by Gasteiger charge is -2.18. The SMILES string of the molecule is CN(Cc1nccn1-c1ccc(NC(=O)c2cc(S(C)(=O)=O)nn2-c2ccc(F)c(C#N)c2)cc1)C(=O)OCc1ccccc1. The van der Waals surface area contributed by atoms with Gasteiger partial charge in [-0.2, -0.15) is 10.4 Å². The largest absolute Gasteiger partial charge is 0.445 e. The molecule has 2 heterocycles. The summed E-state index contributed by atoms with van der Waals surface area (Å²) in [6, 6.07) is 22.4. The number of nitriles is 1. The molecule has 5 rings (SSSR count). The number of aromatic nitrogens is 4. The Bertz CT molecular complexity index is 2020. The maximum absolute atomic E-state index is 13.9. The quantitative estimate of drug-likeness (QED) is 0.251. The van der Waals surface area contributed by atoms with E-state index in [1.807, 2.05) is 30.3 Å². The van der Waals surface area contributed by atoms with Crippen LogP contribution in [0.25, 0.3) is 11.4 Å². The number of carbonyl (C=O) groups is 2. The van der Waals surface area contributed by atoms with Gasteiger partial charge in [-0.25, -0.2) is 27.3 Å². The van der Waals surface area contributed by atoms with E-state index in [0.717, 1.165) is 28.6 Å². The number of sulfone groups is 1. The first-order valence-corrected chi connectivity index (χ1v) is 15.3. The van der Waals surface area contributed by atoms with Crippen LogP contribution in [0, 0.1) is 17.1 Å². The van der Waals surface area contributed by atoms with Crippen LogP contribution in [0.15, 0.2) is 96.3 Å². The number of amides is 2. The summed E-state index contributed by atoms with van der Waals surface area (Å²) in [4.78, 5) is 31.6. The molecule has 0 bridgehead atoms. The summed E-state index contributed by atoms with van der Waals surface area (Å²) in [5, 5.41) is 15.6. The van der Waals surface area contributed by atoms with Gasteiger partial charge in [0.1, 0.15) is 30.0 Å². The Hall–Kier alpha value is -5.81. The summed E-state index contributed by atoms with van der Waals surface area (Å²) in [5.74, 6) is -0.885. The molecule has 0 aliphatic rings. The molecule has 0 spiro atoms. The second kappa shape index (κ2) is 12.8. The topological polar surface area (TPSA) is 152 Å². The van der Waals surface area contributed by atoms with E-state index in [1.165, 1.54) is 17.0 Å². The average molecular weight is 628 g/mol. The number of carbonyl (C=O) groups excluding carboxylic acids is 2. The molecule has 12 nitrogen and oxygen atoms in total. The maximum atomic E-state index is 13.9. The Morgan fingerprint density at radius 3 is 2.44 bits per heavy atom. The van der Waals surface area contributed by atoms with Gasteiger partial charge < -0.3 is 19.5 Å². The average Bonchev–Trinajstić information content (AvgIpc) is 3.69. The number of nitrogens with one attached hydrogen (secondary N) is 1. The molecular formula is C31H26FN7O5S. The van der Waals surface area contributed by atoms with Crippen molar-refractivity contribution in [1.82, 2.24) is 24.2 Å². The van der Waals surface area contributed by atoms with Crippen LogP contribution in [0.1, 0.15) is 27.4 Å². The number of halogens is 1. The molecule has 228 valence electrons. The highest BCUT2D eigenvalue weighted by Crippen LogP contribution is 2.21. The molecular weight excluding hydrogens is 601 g/mol. The van der Waals surface area contributed by atoms with Gasteiger partial charge in [-0.3, -0.25) is 4.79 Å². The van der Waals surface area contributed by atoms with E-state index in [0.29, 0.717) is 17.2 Å². The van der Waals surface area contributed by atoms with Crippen LogP contribution in [0.3, 0.4) is 0 Å². The highest BCUT2D eigenvalue weighted by molar-refractivity contribution is 7.90. The molecule has 2 amide bonds. The lowest BCUT2D eigenvalue weighted by Crippen LogP contribution is -2.28. The van der Waals surface area contributed by atoms with Gasteiger partial charge >= 0.3 is 6.09 Å². The third-order valence-electron chi connectivity index (χ3n) is 6.63. The molecule has 0 radical (unpaired) electrons. The third kappa shape index (κ3) is 7.06. The predicted octanol–water partition coefficient (Wildman–Crippen LogP) is 4.49. The Labute approximate surface area is 257 Å². The second-order valence-electron chi connectivity index (χ2n) is 9.94. The molecule has 5 aromatic rings. The Morgan fingerprint density at radius 1 is 1.04 bits per heavy atom. The minimum Gasteiger partial charge on any atom is -0.445 e. The van der Waals surface area contributed by atoms with Crippen LogP contribution in [0.4, 0.5) is 14.9 Å². The zero-order valence-electron chi connectivity index (χ0n) is 24.1. The molecule has 0 aliphatic heterocycles. The first-order valence-electron chi connectivity index (χ1n) is 13.4. The van der Waals surface area contributed by atoms with Gasteiger partial charge in [0.25, 0.3) is 5.91 Å². The number of hydrogen-bond donors (Lipinski definition) is 1. The van der Waals surface area contributed by atoms with Crippen LogP contribution < -0.4 is 5.32 Å². The molecule has 0 saturated heterocycles. The molecule has 0 unspecified atom stereocenters. The second-order valence-corrected chi connectivity index (χ2v) is 11.9. The van der Waals surface area contributed by atoms with Crippen molar-refractivity contribution in [3.8, 4) is 17.4 Å². The molecule has 45 heavy (non-hydrogen) atoms. The van der Waals surface area contributed by atoms with Gasteiger partial charge in [0.05, 0.1) is 17.8 Å². The summed E-state index contributed by atoms with van der Waals surface area (Å²) in [6.07, 6.45) is 3.77. The molecule has 0 fully saturated rings. The van der Waals surface area contributed by atoms with Gasteiger partial charge in [0.15, 0.2) is 14.9 Å². The van der Waals surface area contributed by atoms with Gasteiger partial charge in [-0.05, 0) is 48.0 Å². The zero-order valence-corrected chi connectivity index (χ0v) is 24.9. The van der Waals surface area contributed by atoms with Crippen molar-refractivity contribution in [2.45, 2.75) is 18.2 Å². The monoisotopic (exact) mass is 627 g/mol. The Morgan fingerprint density at radius 2 is 1.76 bits per heavy atom. The van der Waals surface area contributed by atoms with Crippen molar-refractivity contribution < 1.29 is 27.1 Å². The predicted molar refractivity (Wildman–Crippen MR) is 161 cm³/mol. The highest BCUT2D eigenvalue weighted by atomic mass is 32.2. The number of nitrogens with zero attached hydrogens (tertiary/aromatic N) is 6. The van der Waals surface area contributed by atoms with E-state index in [-0.39, 0.29) is 35.1 Å². The number of ether oxygens (including phenoxy) is 1. The summed E-state index contributed by atoms with van der Waals surface area (Å²) in [6.45, 7) is 0.315. The minimum absolute atomic E-state index is 0.130. The summed E-state index contributed by atoms with van der Waals surface area (Å²) < 4.78 is 46.5. The summed E-state index contributed by atoms with van der Waals surface area (Å²) >= 11 is 0. The van der Waals surface area contributed by atoms with Crippen LogP contribution in [-0.4, -0.2) is 58.0 Å². The minimum atomic E-state index is -3.80. The van der Waals surface area contributed by atoms with E-state index in [4.69, 9.17) is 4.74 Å². The molecule has 14 heteroatoms. The first kappa shape index (κ1) is 30.6. The van der Waals surface area contributed by atoms with Crippen molar-refractivity contribution >= 4 is 27.5 Å². The van der Waals surface area contributed by atoms with E-state index in [2.05, 4.69) is 15.4 Å². The molecule has 3 aromatic carbocycles. The van der Waals surface area contributed by atoms with Crippen LogP contribution in [0.2, 0.25) is 0 Å². The van der Waals surface area contributed by atoms with Gasteiger partial charge in [0, 0.05) is 43.1 Å². The number of anilines is 1. The molecule has 0 atom stereocenters. The lowest BCUT2D eigenvalue weighted by molar-refractivity contribution is 0.101. The lowest BCUT2D eigenvalue weighted by atomic mass is 10.2. The standard InChI is InChI=1S/C31H26FN7O5S/c1-37(31(41)44-20-21-6-4-3-5-7-21)19-28-34-14-15-38(28)24-10-8-23(9-11-24)35-30(40)27-17-29(45(2,42)43)36-39(27)25-12-13-26(32)22(16-25)18-33/h3-17H,19-20H2,1-2H3,(H,35,40). The molecule has 0 aliphatic carbocycles.